The zero-order valence-corrected chi connectivity index (χ0v) is 21.2. The zero-order chi connectivity index (χ0) is 25.5. The second kappa shape index (κ2) is 7.72. The van der Waals surface area contributed by atoms with Crippen molar-refractivity contribution in [2.24, 2.45) is 22.6 Å². The van der Waals surface area contributed by atoms with Gasteiger partial charge < -0.3 is 24.1 Å². The van der Waals surface area contributed by atoms with Crippen LogP contribution in [0.5, 0.6) is 0 Å². The molecular formula is C24H39N3O7. The van der Waals surface area contributed by atoms with E-state index in [1.165, 1.54) is 0 Å². The maximum absolute atomic E-state index is 14.3. The molecule has 9 atom stereocenters. The first-order chi connectivity index (χ1) is 15.6. The minimum atomic E-state index is -1.58. The summed E-state index contributed by atoms with van der Waals surface area (Å²) in [5, 5.41) is 11.9. The number of hydrogen-bond donors (Lipinski definition) is 3. The number of carbonyl (C=O) groups excluding carboxylic acids is 2. The Hall–Kier alpha value is -1.56. The number of aliphatic hydroxyl groups excluding tert-OH is 1. The fourth-order valence-electron chi connectivity index (χ4n) is 7.58. The number of hydrogen-bond acceptors (Lipinski definition) is 9. The van der Waals surface area contributed by atoms with E-state index in [0.717, 1.165) is 6.42 Å². The van der Waals surface area contributed by atoms with Crippen molar-refractivity contribution in [3.63, 3.8) is 0 Å². The van der Waals surface area contributed by atoms with Gasteiger partial charge in [0.25, 0.3) is 0 Å². The lowest BCUT2D eigenvalue weighted by molar-refractivity contribution is -0.456. The molecular weight excluding hydrogens is 442 g/mol. The number of ether oxygens (including phenoxy) is 4. The van der Waals surface area contributed by atoms with Crippen molar-refractivity contribution in [1.29, 1.82) is 0 Å². The van der Waals surface area contributed by atoms with Crippen LogP contribution in [0.2, 0.25) is 0 Å². The Labute approximate surface area is 201 Å². The highest BCUT2D eigenvalue weighted by Crippen LogP contribution is 2.70. The molecule has 2 aliphatic heterocycles. The molecule has 0 aromatic carbocycles. The second-order valence-electron chi connectivity index (χ2n) is 11.8. The smallest absolute Gasteiger partial charge is 0.421 e. The molecule has 4 N–H and O–H groups in total. The maximum atomic E-state index is 14.3. The molecule has 0 aromatic heterocycles. The SMILES string of the molecule is C=C[C@@]1(C)CC(=O)[C@@]23OC(N(C)C)O[C@H]4CCC(C)(C)[C@H]([C@H](OC(=O)NN)[C@H](O)[C@@]2(C)O1)[C@]43C. The van der Waals surface area contributed by atoms with Gasteiger partial charge in [-0.25, -0.2) is 10.6 Å². The summed E-state index contributed by atoms with van der Waals surface area (Å²) in [7, 11) is 3.62. The van der Waals surface area contributed by atoms with Gasteiger partial charge >= 0.3 is 6.09 Å². The topological polar surface area (TPSA) is 133 Å². The van der Waals surface area contributed by atoms with Crippen LogP contribution in [-0.4, -0.2) is 77.5 Å². The third kappa shape index (κ3) is 3.02. The Bertz CT molecular complexity index is 896. The van der Waals surface area contributed by atoms with E-state index in [4.69, 9.17) is 24.8 Å². The van der Waals surface area contributed by atoms with E-state index in [9.17, 15) is 14.7 Å². The summed E-state index contributed by atoms with van der Waals surface area (Å²) in [5.74, 6) is 4.65. The molecule has 4 aliphatic rings. The van der Waals surface area contributed by atoms with Gasteiger partial charge in [-0.2, -0.15) is 0 Å². The van der Waals surface area contributed by atoms with Crippen molar-refractivity contribution in [3.8, 4) is 0 Å². The van der Waals surface area contributed by atoms with Gasteiger partial charge in [-0.05, 0) is 46.2 Å². The molecule has 10 nitrogen and oxygen atoms in total. The van der Waals surface area contributed by atoms with Crippen LogP contribution < -0.4 is 11.3 Å². The van der Waals surface area contributed by atoms with Gasteiger partial charge in [0.05, 0.1) is 11.7 Å². The van der Waals surface area contributed by atoms with Gasteiger partial charge in [0.1, 0.15) is 17.8 Å². The zero-order valence-electron chi connectivity index (χ0n) is 21.2. The highest BCUT2D eigenvalue weighted by Gasteiger charge is 2.84. The number of Topliss-reactive ketones (excluding diaryl/α,β-unsaturated/α-hetero) is 1. The van der Waals surface area contributed by atoms with Crippen molar-refractivity contribution >= 4 is 11.9 Å². The number of nitrogens with one attached hydrogen (secondary N) is 1. The van der Waals surface area contributed by atoms with E-state index in [1.54, 1.807) is 24.8 Å². The van der Waals surface area contributed by atoms with Crippen molar-refractivity contribution in [3.05, 3.63) is 12.7 Å². The molecule has 2 saturated heterocycles. The van der Waals surface area contributed by atoms with Crippen LogP contribution in [0.25, 0.3) is 0 Å². The number of carbonyl (C=O) groups is 2. The fraction of sp³-hybridized carbons (Fsp3) is 0.833. The summed E-state index contributed by atoms with van der Waals surface area (Å²) in [5.41, 5.74) is -3.63. The molecule has 1 spiro atoms. The average Bonchev–Trinajstić information content (AvgIpc) is 2.74. The molecule has 10 heteroatoms. The molecule has 4 rings (SSSR count). The van der Waals surface area contributed by atoms with Crippen molar-refractivity contribution in [2.45, 2.75) is 95.4 Å². The van der Waals surface area contributed by atoms with Gasteiger partial charge in [-0.1, -0.05) is 26.8 Å². The third-order valence-electron chi connectivity index (χ3n) is 8.99. The summed E-state index contributed by atoms with van der Waals surface area (Å²) < 4.78 is 25.4. The van der Waals surface area contributed by atoms with Crippen LogP contribution in [0.3, 0.4) is 0 Å². The van der Waals surface area contributed by atoms with Crippen molar-refractivity contribution in [1.82, 2.24) is 10.3 Å². The predicted molar refractivity (Wildman–Crippen MR) is 122 cm³/mol. The number of rotatable bonds is 3. The van der Waals surface area contributed by atoms with Gasteiger partial charge in [0.2, 0.25) is 6.41 Å². The number of ketones is 1. The first kappa shape index (κ1) is 25.5. The van der Waals surface area contributed by atoms with E-state index in [2.05, 4.69) is 20.4 Å². The Morgan fingerprint density at radius 2 is 1.94 bits per heavy atom. The van der Waals surface area contributed by atoms with Crippen LogP contribution in [0.15, 0.2) is 12.7 Å². The molecule has 0 radical (unpaired) electrons. The molecule has 1 amide bonds. The van der Waals surface area contributed by atoms with Crippen LogP contribution in [0, 0.1) is 16.7 Å². The van der Waals surface area contributed by atoms with Gasteiger partial charge in [0.15, 0.2) is 11.4 Å². The first-order valence-corrected chi connectivity index (χ1v) is 11.9. The molecule has 192 valence electrons. The second-order valence-corrected chi connectivity index (χ2v) is 11.8. The van der Waals surface area contributed by atoms with Crippen LogP contribution in [-0.2, 0) is 23.7 Å². The number of nitrogens with two attached hydrogens (primary N) is 1. The van der Waals surface area contributed by atoms with E-state index >= 15 is 0 Å². The molecule has 1 unspecified atom stereocenters. The standard InChI is InChI=1S/C24H39N3O7/c1-9-21(4)12-13(28)24-22(5)14(31-19(33-24)27(7)8)10-11-20(2,3)16(22)15(32-18(30)26-25)17(29)23(24,6)34-21/h9,14-17,19,29H,1,10-12,25H2,2-8H3,(H,26,30)/t14-,15-,16-,17-,19?,21-,22-,23+,24-/m0/s1. The van der Waals surface area contributed by atoms with E-state index < -0.39 is 64.4 Å². The first-order valence-electron chi connectivity index (χ1n) is 11.9. The van der Waals surface area contributed by atoms with Gasteiger partial charge in [0, 0.05) is 17.8 Å². The lowest BCUT2D eigenvalue weighted by Gasteiger charge is -2.74. The summed E-state index contributed by atoms with van der Waals surface area (Å²) in [6.07, 6.45) is -1.54. The molecule has 2 heterocycles. The Kier molecular flexibility index (Phi) is 5.79. The highest BCUT2D eigenvalue weighted by atomic mass is 16.7. The minimum absolute atomic E-state index is 0.0310. The Balaban J connectivity index is 2.02. The predicted octanol–water partition coefficient (Wildman–Crippen LogP) is 1.46. The van der Waals surface area contributed by atoms with Gasteiger partial charge in [-0.3, -0.25) is 15.1 Å². The average molecular weight is 482 g/mol. The molecule has 2 saturated carbocycles. The van der Waals surface area contributed by atoms with Crippen LogP contribution >= 0.6 is 0 Å². The monoisotopic (exact) mass is 481 g/mol. The van der Waals surface area contributed by atoms with Crippen molar-refractivity contribution < 1.29 is 33.6 Å². The summed E-state index contributed by atoms with van der Waals surface area (Å²) in [6, 6.07) is 0. The Morgan fingerprint density at radius 1 is 1.29 bits per heavy atom. The van der Waals surface area contributed by atoms with Crippen LogP contribution in [0.4, 0.5) is 4.79 Å². The summed E-state index contributed by atoms with van der Waals surface area (Å²) in [4.78, 5) is 28.4. The highest BCUT2D eigenvalue weighted by molar-refractivity contribution is 5.93. The molecule has 2 aliphatic carbocycles. The molecule has 0 bridgehead atoms. The third-order valence-corrected chi connectivity index (χ3v) is 8.99. The molecule has 34 heavy (non-hydrogen) atoms. The lowest BCUT2D eigenvalue weighted by Crippen LogP contribution is -2.89. The summed E-state index contributed by atoms with van der Waals surface area (Å²) in [6.45, 7) is 13.4. The van der Waals surface area contributed by atoms with E-state index in [0.29, 0.717) is 6.42 Å². The maximum Gasteiger partial charge on any atom is 0.421 e. The quantitative estimate of drug-likeness (QED) is 0.237. The van der Waals surface area contributed by atoms with Gasteiger partial charge in [-0.15, -0.1) is 6.58 Å². The number of aliphatic hydroxyl groups is 1. The summed E-state index contributed by atoms with van der Waals surface area (Å²) >= 11 is 0. The van der Waals surface area contributed by atoms with E-state index in [-0.39, 0.29) is 12.2 Å². The van der Waals surface area contributed by atoms with Crippen LogP contribution in [0.1, 0.15) is 53.9 Å². The largest absolute Gasteiger partial charge is 0.442 e. The molecule has 0 aromatic rings. The Morgan fingerprint density at radius 3 is 2.50 bits per heavy atom. The number of nitrogens with zero attached hydrogens (tertiary/aromatic N) is 1. The van der Waals surface area contributed by atoms with Crippen molar-refractivity contribution in [2.75, 3.05) is 14.1 Å². The number of hydrazine groups is 1. The van der Waals surface area contributed by atoms with E-state index in [1.807, 2.05) is 26.4 Å². The molecule has 4 fully saturated rings. The minimum Gasteiger partial charge on any atom is -0.442 e. The lowest BCUT2D eigenvalue weighted by atomic mass is 9.39. The normalized spacial score (nSPS) is 49.6. The fourth-order valence-corrected chi connectivity index (χ4v) is 7.58. The number of amides is 1.